The van der Waals surface area contributed by atoms with Gasteiger partial charge in [-0.05, 0) is 50.1 Å². The average Bonchev–Trinajstić information content (AvgIpc) is 3.17. The molecule has 1 atom stereocenters. The first-order chi connectivity index (χ1) is 18.1. The molecule has 4 rings (SSSR count). The van der Waals surface area contributed by atoms with E-state index < -0.39 is 35.1 Å². The summed E-state index contributed by atoms with van der Waals surface area (Å²) in [5, 5.41) is 20.4. The van der Waals surface area contributed by atoms with Crippen LogP contribution in [0.15, 0.2) is 63.5 Å². The molecular weight excluding hydrogens is 514 g/mol. The number of hydrogen-bond donors (Lipinski definition) is 1. The van der Waals surface area contributed by atoms with E-state index in [1.165, 1.54) is 10.6 Å². The van der Waals surface area contributed by atoms with E-state index in [-0.39, 0.29) is 17.9 Å². The molecule has 0 aliphatic carbocycles. The molecular formula is C26H23N3O8S. The van der Waals surface area contributed by atoms with Crippen molar-refractivity contribution in [2.45, 2.75) is 26.8 Å². The van der Waals surface area contributed by atoms with Crippen LogP contribution >= 0.6 is 11.3 Å². The minimum atomic E-state index is -1.10. The predicted molar refractivity (Wildman–Crippen MR) is 138 cm³/mol. The van der Waals surface area contributed by atoms with Crippen LogP contribution in [0.2, 0.25) is 0 Å². The highest BCUT2D eigenvalue weighted by Crippen LogP contribution is 2.33. The Bertz CT molecular complexity index is 1650. The number of carboxylic acid groups (broad SMARTS) is 1. The molecule has 0 unspecified atom stereocenters. The Morgan fingerprint density at radius 1 is 1.21 bits per heavy atom. The van der Waals surface area contributed by atoms with Gasteiger partial charge in [0.25, 0.3) is 11.2 Å². The highest BCUT2D eigenvalue weighted by atomic mass is 32.1. The topological polar surface area (TPSA) is 150 Å². The zero-order chi connectivity index (χ0) is 27.6. The average molecular weight is 538 g/mol. The molecule has 0 saturated heterocycles. The maximum Gasteiger partial charge on any atom is 0.341 e. The van der Waals surface area contributed by atoms with Gasteiger partial charge < -0.3 is 14.6 Å². The summed E-state index contributed by atoms with van der Waals surface area (Å²) in [5.74, 6) is -1.39. The summed E-state index contributed by atoms with van der Waals surface area (Å²) in [6.45, 7) is 4.53. The molecule has 1 aliphatic heterocycles. The summed E-state index contributed by atoms with van der Waals surface area (Å²) in [5.41, 5.74) is 1.40. The number of ether oxygens (including phenoxy) is 2. The molecule has 1 aliphatic rings. The third-order valence-electron chi connectivity index (χ3n) is 5.80. The van der Waals surface area contributed by atoms with E-state index in [2.05, 4.69) is 4.99 Å². The predicted octanol–water partition coefficient (Wildman–Crippen LogP) is 2.48. The first-order valence-corrected chi connectivity index (χ1v) is 12.3. The van der Waals surface area contributed by atoms with Gasteiger partial charge in [0.05, 0.1) is 33.4 Å². The van der Waals surface area contributed by atoms with Crippen LogP contribution in [-0.2, 0) is 14.3 Å². The number of aromatic nitrogens is 1. The van der Waals surface area contributed by atoms with E-state index in [1.54, 1.807) is 63.2 Å². The minimum absolute atomic E-state index is 0.104. The fraction of sp³-hybridized carbons (Fsp3) is 0.231. The van der Waals surface area contributed by atoms with E-state index in [9.17, 15) is 24.5 Å². The van der Waals surface area contributed by atoms with Crippen molar-refractivity contribution in [1.29, 1.82) is 0 Å². The monoisotopic (exact) mass is 537 g/mol. The Labute approximate surface area is 219 Å². The summed E-state index contributed by atoms with van der Waals surface area (Å²) in [6, 6.07) is 10.1. The number of hydrogen-bond acceptors (Lipinski definition) is 9. The standard InChI is InChI=1S/C26H23N3O8S/c1-4-36-25(33)22-15(3)27-26-28(23(22)17-8-5-14(2)19(12-17)29(34)35)24(32)20(38-26)11-16-6-9-18(10-7-16)37-13-21(30)31/h5-12,23H,4,13H2,1-3H3,(H,30,31)/b20-11+/t23-/m1/s1. The minimum Gasteiger partial charge on any atom is -0.482 e. The molecule has 1 N–H and O–H groups in total. The van der Waals surface area contributed by atoms with Gasteiger partial charge in [0.2, 0.25) is 0 Å². The third-order valence-corrected chi connectivity index (χ3v) is 6.79. The van der Waals surface area contributed by atoms with Gasteiger partial charge >= 0.3 is 11.9 Å². The summed E-state index contributed by atoms with van der Waals surface area (Å²) < 4.78 is 12.1. The molecule has 0 amide bonds. The van der Waals surface area contributed by atoms with Crippen molar-refractivity contribution in [1.82, 2.24) is 4.57 Å². The number of carbonyl (C=O) groups excluding carboxylic acids is 1. The molecule has 1 aromatic heterocycles. The van der Waals surface area contributed by atoms with Crippen LogP contribution in [0.4, 0.5) is 5.69 Å². The summed E-state index contributed by atoms with van der Waals surface area (Å²) >= 11 is 1.12. The normalized spacial score (nSPS) is 15.0. The maximum atomic E-state index is 13.6. The van der Waals surface area contributed by atoms with Gasteiger partial charge in [-0.2, -0.15) is 0 Å². The van der Waals surface area contributed by atoms with Gasteiger partial charge in [0, 0.05) is 11.6 Å². The second-order valence-electron chi connectivity index (χ2n) is 8.36. The number of carboxylic acids is 1. The maximum absolute atomic E-state index is 13.6. The first kappa shape index (κ1) is 26.5. The van der Waals surface area contributed by atoms with Gasteiger partial charge in [-0.25, -0.2) is 14.6 Å². The Hall–Kier alpha value is -4.58. The number of esters is 1. The number of rotatable bonds is 8. The third kappa shape index (κ3) is 5.25. The Morgan fingerprint density at radius 3 is 2.55 bits per heavy atom. The lowest BCUT2D eigenvalue weighted by molar-refractivity contribution is -0.385. The largest absolute Gasteiger partial charge is 0.482 e. The summed E-state index contributed by atoms with van der Waals surface area (Å²) in [4.78, 5) is 53.3. The van der Waals surface area contributed by atoms with Gasteiger partial charge in [-0.3, -0.25) is 19.5 Å². The number of carbonyl (C=O) groups is 2. The Kier molecular flexibility index (Phi) is 7.53. The number of fused-ring (bicyclic) bond motifs is 1. The van der Waals surface area contributed by atoms with Crippen LogP contribution in [0.25, 0.3) is 6.08 Å². The van der Waals surface area contributed by atoms with Crippen LogP contribution in [0, 0.1) is 17.0 Å². The number of aliphatic carboxylic acids is 1. The molecule has 0 saturated carbocycles. The molecule has 0 spiro atoms. The van der Waals surface area contributed by atoms with Crippen molar-refractivity contribution in [3.8, 4) is 5.75 Å². The molecule has 11 nitrogen and oxygen atoms in total. The van der Waals surface area contributed by atoms with E-state index in [0.717, 1.165) is 11.3 Å². The van der Waals surface area contributed by atoms with E-state index >= 15 is 0 Å². The number of nitro groups is 1. The number of nitrogens with zero attached hydrogens (tertiary/aromatic N) is 3. The van der Waals surface area contributed by atoms with Crippen LogP contribution in [0.5, 0.6) is 5.75 Å². The molecule has 38 heavy (non-hydrogen) atoms. The van der Waals surface area contributed by atoms with Crippen LogP contribution in [-0.4, -0.2) is 39.7 Å². The van der Waals surface area contributed by atoms with E-state index in [0.29, 0.717) is 37.5 Å². The van der Waals surface area contributed by atoms with Crippen molar-refractivity contribution in [2.24, 2.45) is 4.99 Å². The summed E-state index contributed by atoms with van der Waals surface area (Å²) in [7, 11) is 0. The second kappa shape index (κ2) is 10.8. The van der Waals surface area contributed by atoms with Gasteiger partial charge in [0.15, 0.2) is 11.4 Å². The number of allylic oxidation sites excluding steroid dienone is 1. The lowest BCUT2D eigenvalue weighted by Gasteiger charge is -2.24. The number of nitro benzene ring substituents is 1. The zero-order valence-corrected chi connectivity index (χ0v) is 21.5. The quantitative estimate of drug-likeness (QED) is 0.262. The van der Waals surface area contributed by atoms with Crippen molar-refractivity contribution in [3.63, 3.8) is 0 Å². The SMILES string of the molecule is CCOC(=O)C1=C(C)N=c2s/c(=C/c3ccc(OCC(=O)O)cc3)c(=O)n2[C@@H]1c1ccc(C)c([N+](=O)[O-])c1. The van der Waals surface area contributed by atoms with Crippen molar-refractivity contribution >= 4 is 35.0 Å². The Morgan fingerprint density at radius 2 is 1.92 bits per heavy atom. The number of benzene rings is 2. The lowest BCUT2D eigenvalue weighted by atomic mass is 9.94. The molecule has 3 aromatic rings. The number of thiazole rings is 1. The molecule has 2 heterocycles. The zero-order valence-electron chi connectivity index (χ0n) is 20.7. The molecule has 12 heteroatoms. The van der Waals surface area contributed by atoms with Crippen LogP contribution in [0.3, 0.4) is 0 Å². The van der Waals surface area contributed by atoms with Gasteiger partial charge in [0.1, 0.15) is 5.75 Å². The van der Waals surface area contributed by atoms with E-state index in [4.69, 9.17) is 14.6 Å². The highest BCUT2D eigenvalue weighted by Gasteiger charge is 2.34. The van der Waals surface area contributed by atoms with Gasteiger partial charge in [-0.15, -0.1) is 0 Å². The van der Waals surface area contributed by atoms with Crippen molar-refractivity contribution < 1.29 is 29.1 Å². The molecule has 0 radical (unpaired) electrons. The second-order valence-corrected chi connectivity index (χ2v) is 9.37. The van der Waals surface area contributed by atoms with Gasteiger partial charge in [-0.1, -0.05) is 35.6 Å². The smallest absolute Gasteiger partial charge is 0.341 e. The molecule has 2 aromatic carbocycles. The molecule has 196 valence electrons. The fourth-order valence-electron chi connectivity index (χ4n) is 4.06. The van der Waals surface area contributed by atoms with Crippen molar-refractivity contribution in [2.75, 3.05) is 13.2 Å². The lowest BCUT2D eigenvalue weighted by Crippen LogP contribution is -2.40. The number of aryl methyl sites for hydroxylation is 1. The summed E-state index contributed by atoms with van der Waals surface area (Å²) in [6.07, 6.45) is 1.64. The molecule has 0 fully saturated rings. The molecule has 0 bridgehead atoms. The van der Waals surface area contributed by atoms with E-state index in [1.807, 2.05) is 0 Å². The van der Waals surface area contributed by atoms with Crippen LogP contribution < -0.4 is 19.6 Å². The Balaban J connectivity index is 1.86. The van der Waals surface area contributed by atoms with Crippen molar-refractivity contribution in [3.05, 3.63) is 100 Å². The highest BCUT2D eigenvalue weighted by molar-refractivity contribution is 7.07. The first-order valence-electron chi connectivity index (χ1n) is 11.5. The fourth-order valence-corrected chi connectivity index (χ4v) is 5.10. The van der Waals surface area contributed by atoms with Crippen LogP contribution in [0.1, 0.15) is 36.6 Å².